The van der Waals surface area contributed by atoms with Gasteiger partial charge in [0, 0.05) is 18.5 Å². The van der Waals surface area contributed by atoms with Crippen molar-refractivity contribution in [2.75, 3.05) is 6.61 Å². The highest BCUT2D eigenvalue weighted by atomic mass is 16.5. The lowest BCUT2D eigenvalue weighted by atomic mass is 10.0. The second kappa shape index (κ2) is 6.50. The van der Waals surface area contributed by atoms with Crippen LogP contribution in [0.15, 0.2) is 12.2 Å². The summed E-state index contributed by atoms with van der Waals surface area (Å²) in [5, 5.41) is 0. The molecule has 0 aliphatic rings. The van der Waals surface area contributed by atoms with Gasteiger partial charge in [0.15, 0.2) is 0 Å². The summed E-state index contributed by atoms with van der Waals surface area (Å²) in [6, 6.07) is -0.171. The number of Topliss-reactive ketones (excluding diaryl/α,β-unsaturated/α-hetero) is 1. The number of ether oxygens (including phenoxy) is 1. The number of amides is 1. The van der Waals surface area contributed by atoms with Gasteiger partial charge in [-0.05, 0) is 34.6 Å². The summed E-state index contributed by atoms with van der Waals surface area (Å²) < 4.78 is 5.09. The Balaban J connectivity index is 5.00. The van der Waals surface area contributed by atoms with E-state index in [1.807, 2.05) is 13.8 Å². The molecule has 0 aromatic rings. The number of hydrogen-bond acceptors (Lipinski definition) is 4. The van der Waals surface area contributed by atoms with E-state index in [0.29, 0.717) is 5.57 Å². The summed E-state index contributed by atoms with van der Waals surface area (Å²) >= 11 is 0. The number of carbonyl (C=O) groups is 3. The van der Waals surface area contributed by atoms with Crippen LogP contribution in [0.1, 0.15) is 41.5 Å². The van der Waals surface area contributed by atoms with Crippen LogP contribution in [-0.4, -0.2) is 40.7 Å². The van der Waals surface area contributed by atoms with E-state index >= 15 is 0 Å². The molecule has 0 saturated carbocycles. The minimum Gasteiger partial charge on any atom is -0.460 e. The summed E-state index contributed by atoms with van der Waals surface area (Å²) in [5.74, 6) is -1.62. The maximum Gasteiger partial charge on any atom is 0.333 e. The first-order valence-electron chi connectivity index (χ1n) is 6.17. The lowest BCUT2D eigenvalue weighted by molar-refractivity contribution is -0.155. The fourth-order valence-corrected chi connectivity index (χ4v) is 1.81. The van der Waals surface area contributed by atoms with E-state index in [0.717, 1.165) is 0 Å². The first-order valence-corrected chi connectivity index (χ1v) is 6.17. The molecule has 0 spiro atoms. The molecular weight excluding hydrogens is 246 g/mol. The zero-order chi connectivity index (χ0) is 15.4. The average molecular weight is 269 g/mol. The van der Waals surface area contributed by atoms with Crippen LogP contribution in [0.25, 0.3) is 0 Å². The highest BCUT2D eigenvalue weighted by Crippen LogP contribution is 2.19. The lowest BCUT2D eigenvalue weighted by Gasteiger charge is -2.40. The first-order chi connectivity index (χ1) is 8.50. The van der Waals surface area contributed by atoms with Crippen molar-refractivity contribution >= 4 is 17.7 Å². The molecule has 1 amide bonds. The third-order valence-corrected chi connectivity index (χ3v) is 2.59. The van der Waals surface area contributed by atoms with Gasteiger partial charge in [0.25, 0.3) is 5.91 Å². The lowest BCUT2D eigenvalue weighted by Crippen LogP contribution is -2.56. The predicted octanol–water partition coefficient (Wildman–Crippen LogP) is 1.71. The highest BCUT2D eigenvalue weighted by molar-refractivity contribution is 6.35. The Morgan fingerprint density at radius 3 is 2.00 bits per heavy atom. The number of esters is 1. The summed E-state index contributed by atoms with van der Waals surface area (Å²) in [7, 11) is 0. The molecule has 19 heavy (non-hydrogen) atoms. The zero-order valence-electron chi connectivity index (χ0n) is 12.6. The van der Waals surface area contributed by atoms with Crippen LogP contribution in [0.4, 0.5) is 0 Å². The second-order valence-corrected chi connectivity index (χ2v) is 5.49. The van der Waals surface area contributed by atoms with E-state index in [1.54, 1.807) is 20.8 Å². The van der Waals surface area contributed by atoms with Crippen LogP contribution in [0, 0.1) is 0 Å². The minimum absolute atomic E-state index is 0.00981. The molecule has 5 nitrogen and oxygen atoms in total. The Kier molecular flexibility index (Phi) is 5.93. The molecule has 0 rings (SSSR count). The molecule has 0 heterocycles. The van der Waals surface area contributed by atoms with E-state index in [4.69, 9.17) is 4.74 Å². The Morgan fingerprint density at radius 2 is 1.68 bits per heavy atom. The molecular formula is C14H23NO4. The third kappa shape index (κ3) is 4.85. The maximum absolute atomic E-state index is 11.9. The van der Waals surface area contributed by atoms with Gasteiger partial charge in [0.2, 0.25) is 5.78 Å². The van der Waals surface area contributed by atoms with Gasteiger partial charge in [-0.2, -0.15) is 0 Å². The van der Waals surface area contributed by atoms with Crippen molar-refractivity contribution in [3.8, 4) is 0 Å². The molecule has 0 saturated heterocycles. The molecule has 0 N–H and O–H groups in total. The molecule has 0 aromatic heterocycles. The molecule has 0 aliphatic carbocycles. The van der Waals surface area contributed by atoms with E-state index < -0.39 is 23.2 Å². The Bertz CT molecular complexity index is 396. The summed E-state index contributed by atoms with van der Waals surface area (Å²) in [4.78, 5) is 36.0. The molecule has 0 aromatic carbocycles. The fourth-order valence-electron chi connectivity index (χ4n) is 1.81. The van der Waals surface area contributed by atoms with Gasteiger partial charge in [0.05, 0.1) is 5.54 Å². The van der Waals surface area contributed by atoms with E-state index in [-0.39, 0.29) is 12.6 Å². The van der Waals surface area contributed by atoms with Crippen molar-refractivity contribution < 1.29 is 19.1 Å². The van der Waals surface area contributed by atoms with Crippen LogP contribution in [0.2, 0.25) is 0 Å². The molecule has 0 radical (unpaired) electrons. The second-order valence-electron chi connectivity index (χ2n) is 5.49. The molecule has 108 valence electrons. The van der Waals surface area contributed by atoms with E-state index in [2.05, 4.69) is 6.58 Å². The molecule has 0 fully saturated rings. The summed E-state index contributed by atoms with van der Waals surface area (Å²) in [6.45, 7) is 13.4. The van der Waals surface area contributed by atoms with Crippen molar-refractivity contribution in [1.82, 2.24) is 4.90 Å². The van der Waals surface area contributed by atoms with Crippen LogP contribution in [-0.2, 0) is 19.1 Å². The number of nitrogens with zero attached hydrogens (tertiary/aromatic N) is 1. The SMILES string of the molecule is C=C(C)C(=O)OCC(C)(C)N(C(=O)C(C)=O)C(C)C. The van der Waals surface area contributed by atoms with Crippen molar-refractivity contribution in [3.63, 3.8) is 0 Å². The standard InChI is InChI=1S/C14H23NO4/c1-9(2)13(18)19-8-14(6,7)15(10(3)4)12(17)11(5)16/h10H,1,8H2,2-7H3. The quantitative estimate of drug-likeness (QED) is 0.418. The minimum atomic E-state index is -0.762. The Hall–Kier alpha value is -1.65. The average Bonchev–Trinajstić information content (AvgIpc) is 2.24. The molecule has 0 unspecified atom stereocenters. The number of rotatable bonds is 6. The maximum atomic E-state index is 11.9. The first kappa shape index (κ1) is 17.4. The van der Waals surface area contributed by atoms with Gasteiger partial charge in [0.1, 0.15) is 6.61 Å². The monoisotopic (exact) mass is 269 g/mol. The largest absolute Gasteiger partial charge is 0.460 e. The summed E-state index contributed by atoms with van der Waals surface area (Å²) in [5.41, 5.74) is -0.466. The van der Waals surface area contributed by atoms with Crippen molar-refractivity contribution in [1.29, 1.82) is 0 Å². The van der Waals surface area contributed by atoms with Crippen molar-refractivity contribution in [2.45, 2.75) is 53.1 Å². The van der Waals surface area contributed by atoms with E-state index in [9.17, 15) is 14.4 Å². The predicted molar refractivity (Wildman–Crippen MR) is 72.5 cm³/mol. The number of ketones is 1. The third-order valence-electron chi connectivity index (χ3n) is 2.59. The molecule has 0 bridgehead atoms. The van der Waals surface area contributed by atoms with Crippen LogP contribution in [0.3, 0.4) is 0 Å². The molecule has 5 heteroatoms. The summed E-state index contributed by atoms with van der Waals surface area (Å²) in [6.07, 6.45) is 0. The molecule has 0 atom stereocenters. The van der Waals surface area contributed by atoms with E-state index in [1.165, 1.54) is 11.8 Å². The van der Waals surface area contributed by atoms with Gasteiger partial charge >= 0.3 is 5.97 Å². The highest BCUT2D eigenvalue weighted by Gasteiger charge is 2.36. The number of hydrogen-bond donors (Lipinski definition) is 0. The van der Waals surface area contributed by atoms with Crippen molar-refractivity contribution in [3.05, 3.63) is 12.2 Å². The van der Waals surface area contributed by atoms with Crippen molar-refractivity contribution in [2.24, 2.45) is 0 Å². The van der Waals surface area contributed by atoms with Crippen LogP contribution >= 0.6 is 0 Å². The van der Waals surface area contributed by atoms with Gasteiger partial charge in [-0.15, -0.1) is 0 Å². The number of carbonyl (C=O) groups excluding carboxylic acids is 3. The van der Waals surface area contributed by atoms with Crippen LogP contribution in [0.5, 0.6) is 0 Å². The Morgan fingerprint density at radius 1 is 1.21 bits per heavy atom. The smallest absolute Gasteiger partial charge is 0.333 e. The van der Waals surface area contributed by atoms with Crippen LogP contribution < -0.4 is 0 Å². The van der Waals surface area contributed by atoms with Gasteiger partial charge < -0.3 is 9.64 Å². The molecule has 0 aliphatic heterocycles. The van der Waals surface area contributed by atoms with Gasteiger partial charge in [-0.3, -0.25) is 9.59 Å². The van der Waals surface area contributed by atoms with Gasteiger partial charge in [-0.25, -0.2) is 4.79 Å². The zero-order valence-corrected chi connectivity index (χ0v) is 12.6. The fraction of sp³-hybridized carbons (Fsp3) is 0.643. The Labute approximate surface area is 114 Å². The topological polar surface area (TPSA) is 63.7 Å². The normalized spacial score (nSPS) is 11.1. The van der Waals surface area contributed by atoms with Gasteiger partial charge in [-0.1, -0.05) is 6.58 Å².